The number of methoxy groups -OCH3 is 1. The average molecular weight is 300 g/mol. The van der Waals surface area contributed by atoms with Crippen LogP contribution in [0, 0.1) is 5.92 Å². The molecule has 112 valence electrons. The lowest BCUT2D eigenvalue weighted by Crippen LogP contribution is -2.46. The summed E-state index contributed by atoms with van der Waals surface area (Å²) in [6, 6.07) is 3.07. The topological polar surface area (TPSA) is 97.5 Å². The number of rotatable bonds is 4. The van der Waals surface area contributed by atoms with E-state index < -0.39 is 10.0 Å². The standard InChI is InChI=1S/C12H20N4O3S/c1-9-5-7-16(8-10(9)19-2)20(17,18)11-4-3-6-14-12(11)15-13/h3-4,6,9-10H,5,7-8,13H2,1-2H3,(H,14,15). The van der Waals surface area contributed by atoms with Crippen molar-refractivity contribution in [2.75, 3.05) is 25.6 Å². The molecule has 1 saturated heterocycles. The molecule has 3 N–H and O–H groups in total. The largest absolute Gasteiger partial charge is 0.380 e. The summed E-state index contributed by atoms with van der Waals surface area (Å²) in [5, 5.41) is 0. The quantitative estimate of drug-likeness (QED) is 0.617. The summed E-state index contributed by atoms with van der Waals surface area (Å²) < 4.78 is 32.1. The van der Waals surface area contributed by atoms with Crippen molar-refractivity contribution in [3.63, 3.8) is 0 Å². The van der Waals surface area contributed by atoms with Gasteiger partial charge in [-0.25, -0.2) is 19.2 Å². The van der Waals surface area contributed by atoms with Gasteiger partial charge in [-0.2, -0.15) is 4.31 Å². The molecule has 1 aliphatic rings. The van der Waals surface area contributed by atoms with Crippen LogP contribution in [0.15, 0.2) is 23.2 Å². The minimum atomic E-state index is -3.62. The van der Waals surface area contributed by atoms with Crippen LogP contribution in [-0.4, -0.2) is 44.0 Å². The van der Waals surface area contributed by atoms with E-state index in [2.05, 4.69) is 17.3 Å². The van der Waals surface area contributed by atoms with Crippen molar-refractivity contribution in [3.05, 3.63) is 18.3 Å². The number of piperidine rings is 1. The first-order valence-corrected chi connectivity index (χ1v) is 7.89. The van der Waals surface area contributed by atoms with Gasteiger partial charge in [0, 0.05) is 26.4 Å². The van der Waals surface area contributed by atoms with Crippen LogP contribution in [0.4, 0.5) is 5.82 Å². The lowest BCUT2D eigenvalue weighted by atomic mass is 9.97. The van der Waals surface area contributed by atoms with Gasteiger partial charge in [0.25, 0.3) is 0 Å². The molecule has 0 radical (unpaired) electrons. The Morgan fingerprint density at radius 2 is 2.30 bits per heavy atom. The predicted octanol–water partition coefficient (Wildman–Crippen LogP) is 0.413. The second-order valence-corrected chi connectivity index (χ2v) is 6.80. The van der Waals surface area contributed by atoms with Crippen LogP contribution in [0.2, 0.25) is 0 Å². The van der Waals surface area contributed by atoms with E-state index in [1.54, 1.807) is 13.2 Å². The number of nitrogens with zero attached hydrogens (tertiary/aromatic N) is 2. The molecule has 1 aliphatic heterocycles. The third-order valence-electron chi connectivity index (χ3n) is 3.68. The van der Waals surface area contributed by atoms with Crippen LogP contribution in [0.5, 0.6) is 0 Å². The predicted molar refractivity (Wildman–Crippen MR) is 75.4 cm³/mol. The maximum absolute atomic E-state index is 12.7. The first-order chi connectivity index (χ1) is 9.50. The van der Waals surface area contributed by atoms with Crippen molar-refractivity contribution in [1.82, 2.24) is 9.29 Å². The molecule has 2 heterocycles. The molecule has 2 rings (SSSR count). The fraction of sp³-hybridized carbons (Fsp3) is 0.583. The minimum Gasteiger partial charge on any atom is -0.380 e. The van der Waals surface area contributed by atoms with Crippen molar-refractivity contribution >= 4 is 15.8 Å². The number of pyridine rings is 1. The molecule has 0 bridgehead atoms. The number of sulfonamides is 1. The first kappa shape index (κ1) is 15.2. The van der Waals surface area contributed by atoms with E-state index in [0.29, 0.717) is 19.0 Å². The first-order valence-electron chi connectivity index (χ1n) is 6.45. The lowest BCUT2D eigenvalue weighted by molar-refractivity contribution is 0.0184. The highest BCUT2D eigenvalue weighted by atomic mass is 32.2. The molecule has 2 atom stereocenters. The Bertz CT molecular complexity index is 564. The van der Waals surface area contributed by atoms with Crippen LogP contribution in [-0.2, 0) is 14.8 Å². The van der Waals surface area contributed by atoms with Gasteiger partial charge >= 0.3 is 0 Å². The molecule has 1 aromatic heterocycles. The molecular weight excluding hydrogens is 280 g/mol. The van der Waals surface area contributed by atoms with Gasteiger partial charge in [-0.3, -0.25) is 0 Å². The lowest BCUT2D eigenvalue weighted by Gasteiger charge is -2.35. The maximum atomic E-state index is 12.7. The molecule has 0 aromatic carbocycles. The van der Waals surface area contributed by atoms with E-state index in [1.807, 2.05) is 0 Å². The molecule has 20 heavy (non-hydrogen) atoms. The number of nitrogens with two attached hydrogens (primary N) is 1. The fourth-order valence-corrected chi connectivity index (χ4v) is 3.95. The zero-order valence-electron chi connectivity index (χ0n) is 11.6. The number of nitrogens with one attached hydrogen (secondary N) is 1. The summed E-state index contributed by atoms with van der Waals surface area (Å²) in [4.78, 5) is 4.03. The molecule has 0 amide bonds. The monoisotopic (exact) mass is 300 g/mol. The number of anilines is 1. The van der Waals surface area contributed by atoms with E-state index in [4.69, 9.17) is 10.6 Å². The Morgan fingerprint density at radius 3 is 2.95 bits per heavy atom. The minimum absolute atomic E-state index is 0.0897. The third-order valence-corrected chi connectivity index (χ3v) is 5.58. The molecule has 0 spiro atoms. The Balaban J connectivity index is 2.31. The van der Waals surface area contributed by atoms with E-state index in [-0.39, 0.29) is 16.8 Å². The highest BCUT2D eigenvalue weighted by Crippen LogP contribution is 2.27. The van der Waals surface area contributed by atoms with E-state index in [0.717, 1.165) is 6.42 Å². The van der Waals surface area contributed by atoms with Gasteiger partial charge in [-0.1, -0.05) is 6.92 Å². The maximum Gasteiger partial charge on any atom is 0.246 e. The normalized spacial score (nSPS) is 24.6. The van der Waals surface area contributed by atoms with Gasteiger partial charge < -0.3 is 10.2 Å². The molecule has 0 aliphatic carbocycles. The van der Waals surface area contributed by atoms with Crippen LogP contribution in [0.3, 0.4) is 0 Å². The van der Waals surface area contributed by atoms with Gasteiger partial charge in [-0.05, 0) is 24.5 Å². The summed E-state index contributed by atoms with van der Waals surface area (Å²) in [6.45, 7) is 2.89. The summed E-state index contributed by atoms with van der Waals surface area (Å²) in [5.41, 5.74) is 2.33. The summed E-state index contributed by atoms with van der Waals surface area (Å²) >= 11 is 0. The van der Waals surface area contributed by atoms with Crippen molar-refractivity contribution in [2.24, 2.45) is 11.8 Å². The van der Waals surface area contributed by atoms with Gasteiger partial charge in [0.2, 0.25) is 10.0 Å². The zero-order chi connectivity index (χ0) is 14.8. The Hall–Kier alpha value is -1.22. The summed E-state index contributed by atoms with van der Waals surface area (Å²) in [6.07, 6.45) is 2.16. The molecule has 1 fully saturated rings. The number of hydrogen-bond donors (Lipinski definition) is 2. The van der Waals surface area contributed by atoms with Gasteiger partial charge in [0.1, 0.15) is 4.90 Å². The Morgan fingerprint density at radius 1 is 1.55 bits per heavy atom. The second kappa shape index (κ2) is 6.04. The van der Waals surface area contributed by atoms with Crippen LogP contribution >= 0.6 is 0 Å². The van der Waals surface area contributed by atoms with Crippen molar-refractivity contribution in [1.29, 1.82) is 0 Å². The molecule has 8 heteroatoms. The molecule has 0 saturated carbocycles. The number of hydrazine groups is 1. The average Bonchev–Trinajstić information content (AvgIpc) is 2.47. The number of ether oxygens (including phenoxy) is 1. The van der Waals surface area contributed by atoms with Gasteiger partial charge in [0.15, 0.2) is 5.82 Å². The molecular formula is C12H20N4O3S. The van der Waals surface area contributed by atoms with Crippen LogP contribution in [0.1, 0.15) is 13.3 Å². The van der Waals surface area contributed by atoms with Crippen LogP contribution < -0.4 is 11.3 Å². The molecule has 1 aromatic rings. The Labute approximate surface area is 119 Å². The molecule has 7 nitrogen and oxygen atoms in total. The van der Waals surface area contributed by atoms with Crippen LogP contribution in [0.25, 0.3) is 0 Å². The number of aromatic nitrogens is 1. The van der Waals surface area contributed by atoms with E-state index >= 15 is 0 Å². The van der Waals surface area contributed by atoms with E-state index in [1.165, 1.54) is 16.6 Å². The number of nitrogen functional groups attached to an aromatic ring is 1. The van der Waals surface area contributed by atoms with E-state index in [9.17, 15) is 8.42 Å². The zero-order valence-corrected chi connectivity index (χ0v) is 12.4. The Kier molecular flexibility index (Phi) is 4.59. The third kappa shape index (κ3) is 2.78. The fourth-order valence-electron chi connectivity index (χ4n) is 2.38. The second-order valence-electron chi connectivity index (χ2n) is 4.90. The van der Waals surface area contributed by atoms with Gasteiger partial charge in [-0.15, -0.1) is 0 Å². The van der Waals surface area contributed by atoms with Crippen molar-refractivity contribution in [2.45, 2.75) is 24.3 Å². The summed E-state index contributed by atoms with van der Waals surface area (Å²) in [7, 11) is -2.02. The van der Waals surface area contributed by atoms with Crippen molar-refractivity contribution in [3.8, 4) is 0 Å². The van der Waals surface area contributed by atoms with Gasteiger partial charge in [0.05, 0.1) is 6.10 Å². The smallest absolute Gasteiger partial charge is 0.246 e. The SMILES string of the molecule is COC1CN(S(=O)(=O)c2cccnc2NN)CCC1C. The van der Waals surface area contributed by atoms with Crippen molar-refractivity contribution < 1.29 is 13.2 Å². The summed E-state index contributed by atoms with van der Waals surface area (Å²) in [5.74, 6) is 5.83. The number of hydrogen-bond acceptors (Lipinski definition) is 6. The highest BCUT2D eigenvalue weighted by molar-refractivity contribution is 7.89. The highest BCUT2D eigenvalue weighted by Gasteiger charge is 2.35. The molecule has 2 unspecified atom stereocenters.